The Kier molecular flexibility index (Phi) is 5.83. The van der Waals surface area contributed by atoms with Gasteiger partial charge in [-0.1, -0.05) is 49.4 Å². The van der Waals surface area contributed by atoms with E-state index in [1.54, 1.807) is 54.2 Å². The van der Waals surface area contributed by atoms with Gasteiger partial charge in [-0.3, -0.25) is 14.4 Å². The largest absolute Gasteiger partial charge is 0.295 e. The molecule has 1 amide bonds. The van der Waals surface area contributed by atoms with Crippen LogP contribution in [0.4, 0.5) is 11.4 Å². The van der Waals surface area contributed by atoms with Crippen LogP contribution >= 0.6 is 11.8 Å². The average Bonchev–Trinajstić information content (AvgIpc) is 3.16. The van der Waals surface area contributed by atoms with Crippen LogP contribution in [-0.4, -0.2) is 20.1 Å². The Morgan fingerprint density at radius 3 is 2.27 bits per heavy atom. The second kappa shape index (κ2) is 8.53. The third-order valence-corrected chi connectivity index (χ3v) is 7.60. The molecule has 0 saturated carbocycles. The van der Waals surface area contributed by atoms with Gasteiger partial charge in [0.15, 0.2) is 0 Å². The van der Waals surface area contributed by atoms with Crippen LogP contribution < -0.4 is 9.62 Å². The lowest BCUT2D eigenvalue weighted by atomic mass is 10.1. The molecular weight excluding hydrogens is 416 g/mol. The molecule has 1 aliphatic rings. The molecule has 7 heteroatoms. The summed E-state index contributed by atoms with van der Waals surface area (Å²) in [7, 11) is -3.63. The summed E-state index contributed by atoms with van der Waals surface area (Å²) in [4.78, 5) is 14.6. The van der Waals surface area contributed by atoms with Crippen molar-refractivity contribution < 1.29 is 13.2 Å². The van der Waals surface area contributed by atoms with Gasteiger partial charge in [-0.25, -0.2) is 8.42 Å². The molecule has 0 bridgehead atoms. The van der Waals surface area contributed by atoms with Gasteiger partial charge in [-0.05, 0) is 53.9 Å². The van der Waals surface area contributed by atoms with E-state index in [0.717, 1.165) is 17.7 Å². The van der Waals surface area contributed by atoms with Crippen molar-refractivity contribution in [3.8, 4) is 0 Å². The van der Waals surface area contributed by atoms with Crippen LogP contribution in [0.3, 0.4) is 0 Å². The van der Waals surface area contributed by atoms with Crippen molar-refractivity contribution in [3.63, 3.8) is 0 Å². The molecule has 1 aliphatic heterocycles. The van der Waals surface area contributed by atoms with Gasteiger partial charge in [-0.15, -0.1) is 11.8 Å². The number of sulfonamides is 1. The zero-order valence-electron chi connectivity index (χ0n) is 16.5. The van der Waals surface area contributed by atoms with Gasteiger partial charge in [0.25, 0.3) is 10.0 Å². The highest BCUT2D eigenvalue weighted by Gasteiger charge is 2.34. The van der Waals surface area contributed by atoms with Crippen molar-refractivity contribution in [1.82, 2.24) is 0 Å². The molecule has 30 heavy (non-hydrogen) atoms. The summed E-state index contributed by atoms with van der Waals surface area (Å²) in [6.45, 7) is 2.10. The number of anilines is 2. The summed E-state index contributed by atoms with van der Waals surface area (Å²) in [5.74, 6) is 0.492. The number of thioether (sulfide) groups is 1. The summed E-state index contributed by atoms with van der Waals surface area (Å²) in [5, 5.41) is -0.134. The van der Waals surface area contributed by atoms with Crippen LogP contribution in [0.25, 0.3) is 0 Å². The zero-order chi connectivity index (χ0) is 21.1. The minimum absolute atomic E-state index is 0.0723. The van der Waals surface area contributed by atoms with E-state index in [4.69, 9.17) is 0 Å². The maximum Gasteiger partial charge on any atom is 0.261 e. The van der Waals surface area contributed by atoms with E-state index in [9.17, 15) is 13.2 Å². The van der Waals surface area contributed by atoms with E-state index in [-0.39, 0.29) is 16.2 Å². The normalized spacial score (nSPS) is 16.6. The minimum atomic E-state index is -3.63. The third kappa shape index (κ3) is 4.22. The first-order valence-electron chi connectivity index (χ1n) is 9.68. The molecule has 154 valence electrons. The highest BCUT2D eigenvalue weighted by molar-refractivity contribution is 8.00. The molecule has 0 unspecified atom stereocenters. The second-order valence-corrected chi connectivity index (χ2v) is 9.74. The molecule has 0 spiro atoms. The topological polar surface area (TPSA) is 66.5 Å². The van der Waals surface area contributed by atoms with Crippen LogP contribution in [0.5, 0.6) is 0 Å². The second-order valence-electron chi connectivity index (χ2n) is 6.99. The molecule has 0 aliphatic carbocycles. The quantitative estimate of drug-likeness (QED) is 0.599. The highest BCUT2D eigenvalue weighted by Crippen LogP contribution is 2.42. The molecule has 1 heterocycles. The molecule has 3 aromatic rings. The van der Waals surface area contributed by atoms with Crippen molar-refractivity contribution in [3.05, 3.63) is 90.0 Å². The monoisotopic (exact) mass is 438 g/mol. The predicted molar refractivity (Wildman–Crippen MR) is 122 cm³/mol. The fourth-order valence-electron chi connectivity index (χ4n) is 3.37. The van der Waals surface area contributed by atoms with Crippen molar-refractivity contribution in [1.29, 1.82) is 0 Å². The van der Waals surface area contributed by atoms with Crippen LogP contribution in [0, 0.1) is 0 Å². The molecule has 5 nitrogen and oxygen atoms in total. The molecule has 4 rings (SSSR count). The average molecular weight is 439 g/mol. The molecular formula is C23H22N2O3S2. The van der Waals surface area contributed by atoms with Crippen LogP contribution in [0.15, 0.2) is 83.8 Å². The van der Waals surface area contributed by atoms with Crippen LogP contribution in [-0.2, 0) is 21.2 Å². The van der Waals surface area contributed by atoms with Gasteiger partial charge in [0, 0.05) is 11.4 Å². The molecule has 1 N–H and O–H groups in total. The zero-order valence-corrected chi connectivity index (χ0v) is 18.1. The highest BCUT2D eigenvalue weighted by atomic mass is 32.2. The number of nitrogens with one attached hydrogen (secondary N) is 1. The van der Waals surface area contributed by atoms with E-state index in [1.807, 2.05) is 41.3 Å². The number of carbonyl (C=O) groups excluding carboxylic acids is 1. The van der Waals surface area contributed by atoms with Crippen molar-refractivity contribution in [2.24, 2.45) is 0 Å². The number of hydrogen-bond donors (Lipinski definition) is 1. The number of aryl methyl sites for hydroxylation is 1. The van der Waals surface area contributed by atoms with E-state index in [0.29, 0.717) is 11.4 Å². The van der Waals surface area contributed by atoms with E-state index >= 15 is 0 Å². The fraction of sp³-hybridized carbons (Fsp3) is 0.174. The van der Waals surface area contributed by atoms with Gasteiger partial charge in [0.05, 0.1) is 10.6 Å². The number of nitrogens with zero attached hydrogens (tertiary/aromatic N) is 1. The van der Waals surface area contributed by atoms with Gasteiger partial charge in [0.2, 0.25) is 5.91 Å². The smallest absolute Gasteiger partial charge is 0.261 e. The Hall–Kier alpha value is -2.77. The van der Waals surface area contributed by atoms with E-state index in [1.165, 1.54) is 5.56 Å². The SMILES string of the molecule is CCc1ccc(N2C(=O)CS[C@@H]2c2ccc(NS(=O)(=O)c3ccccc3)cc2)cc1. The number of rotatable bonds is 6. The van der Waals surface area contributed by atoms with Crippen LogP contribution in [0.1, 0.15) is 23.4 Å². The lowest BCUT2D eigenvalue weighted by Gasteiger charge is -2.24. The number of benzene rings is 3. The number of hydrogen-bond acceptors (Lipinski definition) is 4. The first-order chi connectivity index (χ1) is 14.5. The lowest BCUT2D eigenvalue weighted by Crippen LogP contribution is -2.27. The molecule has 1 saturated heterocycles. The molecule has 3 aromatic carbocycles. The summed E-state index contributed by atoms with van der Waals surface area (Å²) < 4.78 is 27.6. The Morgan fingerprint density at radius 1 is 0.967 bits per heavy atom. The standard InChI is InChI=1S/C23H22N2O3S2/c1-2-17-8-14-20(15-9-17)25-22(26)16-29-23(25)18-10-12-19(13-11-18)24-30(27,28)21-6-4-3-5-7-21/h3-15,23-24H,2,16H2,1H3/t23-/m1/s1. The first kappa shape index (κ1) is 20.5. The van der Waals surface area contributed by atoms with Crippen molar-refractivity contribution >= 4 is 39.1 Å². The third-order valence-electron chi connectivity index (χ3n) is 4.99. The maximum absolute atomic E-state index is 12.5. The number of amides is 1. The van der Waals surface area contributed by atoms with Crippen LogP contribution in [0.2, 0.25) is 0 Å². The van der Waals surface area contributed by atoms with Crippen molar-refractivity contribution in [2.45, 2.75) is 23.6 Å². The maximum atomic E-state index is 12.5. The Bertz CT molecular complexity index is 1130. The van der Waals surface area contributed by atoms with E-state index in [2.05, 4.69) is 11.6 Å². The lowest BCUT2D eigenvalue weighted by molar-refractivity contribution is -0.115. The Labute approximate surface area is 181 Å². The molecule has 1 fully saturated rings. The van der Waals surface area contributed by atoms with Crippen molar-refractivity contribution in [2.75, 3.05) is 15.4 Å². The molecule has 0 aromatic heterocycles. The number of carbonyl (C=O) groups is 1. The summed E-state index contributed by atoms with van der Waals surface area (Å²) in [6.07, 6.45) is 0.951. The summed E-state index contributed by atoms with van der Waals surface area (Å²) >= 11 is 1.57. The first-order valence-corrected chi connectivity index (χ1v) is 12.2. The van der Waals surface area contributed by atoms with Gasteiger partial charge >= 0.3 is 0 Å². The van der Waals surface area contributed by atoms with Gasteiger partial charge in [-0.2, -0.15) is 0 Å². The van der Waals surface area contributed by atoms with E-state index < -0.39 is 10.0 Å². The fourth-order valence-corrected chi connectivity index (χ4v) is 5.63. The van der Waals surface area contributed by atoms with Gasteiger partial charge < -0.3 is 0 Å². The molecule has 0 radical (unpaired) electrons. The summed E-state index contributed by atoms with van der Waals surface area (Å²) in [5.41, 5.74) is 3.54. The Morgan fingerprint density at radius 2 is 1.63 bits per heavy atom. The van der Waals surface area contributed by atoms with Gasteiger partial charge in [0.1, 0.15) is 5.37 Å². The molecule has 1 atom stereocenters. The summed E-state index contributed by atoms with van der Waals surface area (Å²) in [6, 6.07) is 23.5. The predicted octanol–water partition coefficient (Wildman–Crippen LogP) is 4.83. The Balaban J connectivity index is 1.55. The minimum Gasteiger partial charge on any atom is -0.295 e.